The fourth-order valence-electron chi connectivity index (χ4n) is 2.84. The third kappa shape index (κ3) is 6.76. The molecule has 2 atom stereocenters. The van der Waals surface area contributed by atoms with E-state index in [4.69, 9.17) is 4.74 Å². The Kier molecular flexibility index (Phi) is 7.92. The Labute approximate surface area is 165 Å². The molecule has 0 saturated carbocycles. The summed E-state index contributed by atoms with van der Waals surface area (Å²) in [6.45, 7) is 5.82. The van der Waals surface area contributed by atoms with Gasteiger partial charge < -0.3 is 9.64 Å². The van der Waals surface area contributed by atoms with E-state index in [0.29, 0.717) is 4.90 Å². The smallest absolute Gasteiger partial charge is 0.457 e. The van der Waals surface area contributed by atoms with Crippen molar-refractivity contribution in [2.75, 3.05) is 6.54 Å². The number of benzene rings is 1. The molecule has 1 rings (SSSR count). The molecule has 0 heterocycles. The Hall–Kier alpha value is -2.04. The Bertz CT molecular complexity index is 700. The summed E-state index contributed by atoms with van der Waals surface area (Å²) in [5, 5.41) is 0. The second-order valence-corrected chi connectivity index (χ2v) is 12.8. The second kappa shape index (κ2) is 9.18. The van der Waals surface area contributed by atoms with E-state index in [1.165, 1.54) is 31.2 Å². The summed E-state index contributed by atoms with van der Waals surface area (Å²) < 4.78 is 83.0. The third-order valence-electron chi connectivity index (χ3n) is 4.05. The minimum atomic E-state index is -5.32. The van der Waals surface area contributed by atoms with E-state index in [9.17, 15) is 35.9 Å². The number of amides is 1. The zero-order valence-electron chi connectivity index (χ0n) is 16.4. The molecular weight excluding hydrogens is 420 g/mol. The van der Waals surface area contributed by atoms with Crippen molar-refractivity contribution in [3.63, 3.8) is 0 Å². The van der Waals surface area contributed by atoms with Crippen LogP contribution >= 0.6 is 0 Å². The van der Waals surface area contributed by atoms with Crippen molar-refractivity contribution in [1.29, 1.82) is 0 Å². The molecule has 0 spiro atoms. The third-order valence-corrected chi connectivity index (χ3v) is 6.19. The van der Waals surface area contributed by atoms with Gasteiger partial charge in [0.2, 0.25) is 0 Å². The predicted molar refractivity (Wildman–Crippen MR) is 96.5 cm³/mol. The van der Waals surface area contributed by atoms with E-state index in [2.05, 4.69) is 0 Å². The molecule has 0 aliphatic carbocycles. The molecule has 0 aliphatic rings. The molecule has 0 N–H and O–H groups in total. The maximum Gasteiger partial charge on any atom is 0.490 e. The number of hydrogen-bond acceptors (Lipinski definition) is 3. The molecule has 0 radical (unpaired) electrons. The number of halogens is 6. The Morgan fingerprint density at radius 3 is 1.90 bits per heavy atom. The molecule has 29 heavy (non-hydrogen) atoms. The highest BCUT2D eigenvalue weighted by Gasteiger charge is 2.51. The lowest BCUT2D eigenvalue weighted by Gasteiger charge is -2.42. The molecule has 1 amide bonds. The van der Waals surface area contributed by atoms with Gasteiger partial charge in [-0.25, -0.2) is 4.79 Å². The van der Waals surface area contributed by atoms with Crippen LogP contribution in [0.4, 0.5) is 26.3 Å². The summed E-state index contributed by atoms with van der Waals surface area (Å²) in [6.07, 6.45) is -10.4. The first-order chi connectivity index (χ1) is 13.1. The minimum Gasteiger partial charge on any atom is -0.457 e. The average Bonchev–Trinajstić information content (AvgIpc) is 2.58. The highest BCUT2D eigenvalue weighted by molar-refractivity contribution is 6.77. The maximum atomic E-state index is 13.2. The lowest BCUT2D eigenvalue weighted by molar-refractivity contribution is -0.206. The largest absolute Gasteiger partial charge is 0.490 e. The summed E-state index contributed by atoms with van der Waals surface area (Å²) in [4.78, 5) is 24.2. The molecule has 0 aliphatic heterocycles. The minimum absolute atomic E-state index is 0.122. The van der Waals surface area contributed by atoms with E-state index < -0.39 is 44.1 Å². The second-order valence-electron chi connectivity index (χ2n) is 7.54. The van der Waals surface area contributed by atoms with Gasteiger partial charge in [-0.1, -0.05) is 56.9 Å². The molecule has 0 bridgehead atoms. The summed E-state index contributed by atoms with van der Waals surface area (Å²) >= 11 is 0. The Morgan fingerprint density at radius 2 is 1.52 bits per heavy atom. The van der Waals surface area contributed by atoms with Gasteiger partial charge in [0, 0.05) is 6.54 Å². The fourth-order valence-corrected chi connectivity index (χ4v) is 4.62. The van der Waals surface area contributed by atoms with Crippen LogP contribution in [-0.2, 0) is 14.3 Å². The molecule has 164 valence electrons. The molecular formula is C18H23F6NO3Si. The van der Waals surface area contributed by atoms with E-state index >= 15 is 0 Å². The maximum absolute atomic E-state index is 13.2. The number of carbonyl (C=O) groups is 2. The van der Waals surface area contributed by atoms with E-state index in [1.807, 2.05) is 0 Å². The lowest BCUT2D eigenvalue weighted by Crippen LogP contribution is -2.55. The van der Waals surface area contributed by atoms with Gasteiger partial charge in [0.25, 0.3) is 0 Å². The Balaban J connectivity index is 3.62. The van der Waals surface area contributed by atoms with Gasteiger partial charge in [-0.2, -0.15) is 26.3 Å². The van der Waals surface area contributed by atoms with Crippen LogP contribution in [0.25, 0.3) is 0 Å². The highest BCUT2D eigenvalue weighted by Crippen LogP contribution is 2.36. The first kappa shape index (κ1) is 25.0. The van der Waals surface area contributed by atoms with Crippen molar-refractivity contribution in [1.82, 2.24) is 4.90 Å². The summed E-state index contributed by atoms with van der Waals surface area (Å²) in [7, 11) is -2.88. The SMILES string of the molecule is CCCN(C(=O)C(F)(F)F)[C@H](c1ccccc1)[C@H](OC(=O)C(F)(F)F)[Si](C)(C)C. The van der Waals surface area contributed by atoms with Gasteiger partial charge in [-0.05, 0) is 12.0 Å². The van der Waals surface area contributed by atoms with Gasteiger partial charge >= 0.3 is 24.2 Å². The monoisotopic (exact) mass is 443 g/mol. The molecule has 11 heteroatoms. The molecule has 0 aromatic heterocycles. The van der Waals surface area contributed by atoms with Gasteiger partial charge in [0.05, 0.1) is 14.1 Å². The van der Waals surface area contributed by atoms with Gasteiger partial charge in [-0.15, -0.1) is 0 Å². The van der Waals surface area contributed by atoms with E-state index in [0.717, 1.165) is 0 Å². The number of ether oxygens (including phenoxy) is 1. The fraction of sp³-hybridized carbons (Fsp3) is 0.556. The van der Waals surface area contributed by atoms with Crippen LogP contribution in [0, 0.1) is 0 Å². The molecule has 4 nitrogen and oxygen atoms in total. The van der Waals surface area contributed by atoms with Crippen molar-refractivity contribution < 1.29 is 40.7 Å². The number of hydrogen-bond donors (Lipinski definition) is 0. The standard InChI is InChI=1S/C18H23F6NO3Si/c1-5-11-25(15(26)17(19,20)21)13(12-9-7-6-8-10-12)14(29(2,3)4)28-16(27)18(22,23)24/h6-10,13-14H,5,11H2,1-4H3/t13-,14-/m1/s1. The van der Waals surface area contributed by atoms with Crippen molar-refractivity contribution in [2.24, 2.45) is 0 Å². The topological polar surface area (TPSA) is 46.6 Å². The lowest BCUT2D eigenvalue weighted by atomic mass is 10.0. The molecule has 0 saturated heterocycles. The van der Waals surface area contributed by atoms with Crippen LogP contribution in [0.1, 0.15) is 24.9 Å². The zero-order chi connectivity index (χ0) is 22.6. The first-order valence-corrected chi connectivity index (χ1v) is 12.4. The number of esters is 1. The van der Waals surface area contributed by atoms with Crippen LogP contribution in [0.5, 0.6) is 0 Å². The first-order valence-electron chi connectivity index (χ1n) is 8.81. The number of nitrogens with zero attached hydrogens (tertiary/aromatic N) is 1. The van der Waals surface area contributed by atoms with Gasteiger partial charge in [0.15, 0.2) is 0 Å². The van der Waals surface area contributed by atoms with Crippen LogP contribution in [0.2, 0.25) is 19.6 Å². The number of rotatable bonds is 7. The molecule has 1 aromatic carbocycles. The van der Waals surface area contributed by atoms with Crippen LogP contribution in [0.15, 0.2) is 30.3 Å². The van der Waals surface area contributed by atoms with Crippen molar-refractivity contribution in [3.05, 3.63) is 35.9 Å². The zero-order valence-corrected chi connectivity index (χ0v) is 17.4. The van der Waals surface area contributed by atoms with E-state index in [-0.39, 0.29) is 18.5 Å². The van der Waals surface area contributed by atoms with E-state index in [1.54, 1.807) is 25.7 Å². The molecule has 0 fully saturated rings. The summed E-state index contributed by atoms with van der Waals surface area (Å²) in [5.41, 5.74) is -1.40. The predicted octanol–water partition coefficient (Wildman–Crippen LogP) is 4.88. The Morgan fingerprint density at radius 1 is 1.00 bits per heavy atom. The van der Waals surface area contributed by atoms with Crippen LogP contribution in [-0.4, -0.2) is 49.5 Å². The van der Waals surface area contributed by atoms with Gasteiger partial charge in [0.1, 0.15) is 5.73 Å². The van der Waals surface area contributed by atoms with Crippen molar-refractivity contribution >= 4 is 20.0 Å². The quantitative estimate of drug-likeness (QED) is 0.343. The molecule has 0 unspecified atom stereocenters. The van der Waals surface area contributed by atoms with Gasteiger partial charge in [-0.3, -0.25) is 4.79 Å². The number of alkyl halides is 6. The number of carbonyl (C=O) groups excluding carboxylic acids is 2. The summed E-state index contributed by atoms with van der Waals surface area (Å²) in [6, 6.07) is 5.82. The highest BCUT2D eigenvalue weighted by atomic mass is 28.3. The van der Waals surface area contributed by atoms with Crippen molar-refractivity contribution in [2.45, 2.75) is 57.1 Å². The molecule has 1 aromatic rings. The summed E-state index contributed by atoms with van der Waals surface area (Å²) in [5.74, 6) is -4.69. The van der Waals surface area contributed by atoms with Crippen LogP contribution < -0.4 is 0 Å². The van der Waals surface area contributed by atoms with Crippen LogP contribution in [0.3, 0.4) is 0 Å². The normalized spacial score (nSPS) is 14.8. The average molecular weight is 443 g/mol. The van der Waals surface area contributed by atoms with Crippen molar-refractivity contribution in [3.8, 4) is 0 Å².